The summed E-state index contributed by atoms with van der Waals surface area (Å²) in [6.07, 6.45) is 2.75. The normalized spacial score (nSPS) is 14.8. The molecule has 0 atom stereocenters. The smallest absolute Gasteiger partial charge is 0.247 e. The zero-order valence-electron chi connectivity index (χ0n) is 13.3. The van der Waals surface area contributed by atoms with Gasteiger partial charge < -0.3 is 14.4 Å². The van der Waals surface area contributed by atoms with E-state index in [0.717, 1.165) is 25.2 Å². The van der Waals surface area contributed by atoms with Crippen LogP contribution in [-0.2, 0) is 16.1 Å². The van der Waals surface area contributed by atoms with E-state index in [2.05, 4.69) is 10.4 Å². The molecule has 1 aromatic carbocycles. The molecule has 1 N–H and O–H groups in total. The number of carbonyl (C=O) groups excluding carboxylic acids is 1. The molecule has 0 saturated carbocycles. The van der Waals surface area contributed by atoms with E-state index >= 15 is 0 Å². The third-order valence-corrected chi connectivity index (χ3v) is 3.71. The van der Waals surface area contributed by atoms with Gasteiger partial charge in [-0.15, -0.1) is 0 Å². The average Bonchev–Trinajstić information content (AvgIpc) is 3.04. The topological polar surface area (TPSA) is 60.0 Å². The summed E-state index contributed by atoms with van der Waals surface area (Å²) < 4.78 is 10.4. The van der Waals surface area contributed by atoms with Crippen LogP contribution < -0.4 is 15.0 Å². The van der Waals surface area contributed by atoms with Crippen LogP contribution in [-0.4, -0.2) is 51.3 Å². The monoisotopic (exact) mass is 308 g/mol. The third kappa shape index (κ3) is 4.89. The van der Waals surface area contributed by atoms with E-state index in [-0.39, 0.29) is 12.3 Å². The lowest BCUT2D eigenvalue weighted by Gasteiger charge is -2.14. The van der Waals surface area contributed by atoms with Gasteiger partial charge in [-0.1, -0.05) is 6.07 Å². The second-order valence-electron chi connectivity index (χ2n) is 5.29. The molecule has 0 aromatic heterocycles. The number of likely N-dealkylation sites (tertiary alicyclic amines) is 1. The van der Waals surface area contributed by atoms with Gasteiger partial charge in [0.1, 0.15) is 0 Å². The average molecular weight is 308 g/mol. The Morgan fingerprint density at radius 2 is 1.91 bits per heavy atom. The van der Waals surface area contributed by atoms with E-state index in [9.17, 15) is 4.79 Å². The summed E-state index contributed by atoms with van der Waals surface area (Å²) >= 11 is 0. The first-order chi connectivity index (χ1) is 10.7. The molecule has 1 heterocycles. The van der Waals surface area contributed by atoms with Crippen molar-refractivity contribution in [3.63, 3.8) is 0 Å². The van der Waals surface area contributed by atoms with Crippen molar-refractivity contribution in [2.75, 3.05) is 40.5 Å². The lowest BCUT2D eigenvalue weighted by Crippen LogP contribution is -2.30. The minimum absolute atomic E-state index is 0.173. The number of methoxy groups -OCH3 is 2. The fraction of sp³-hybridized carbons (Fsp3) is 0.562. The number of nitrogens with zero attached hydrogens (tertiary/aromatic N) is 1. The second kappa shape index (κ2) is 8.60. The van der Waals surface area contributed by atoms with E-state index in [1.54, 1.807) is 26.4 Å². The van der Waals surface area contributed by atoms with Gasteiger partial charge in [0.05, 0.1) is 27.2 Å². The maximum absolute atomic E-state index is 11.8. The lowest BCUT2D eigenvalue weighted by molar-refractivity contribution is -0.133. The van der Waals surface area contributed by atoms with Gasteiger partial charge in [0.2, 0.25) is 5.91 Å². The van der Waals surface area contributed by atoms with E-state index in [1.807, 2.05) is 6.07 Å². The van der Waals surface area contributed by atoms with Crippen LogP contribution in [0.1, 0.15) is 18.4 Å². The molecule has 6 heteroatoms. The van der Waals surface area contributed by atoms with Gasteiger partial charge in [0.25, 0.3) is 0 Å². The molecule has 1 amide bonds. The van der Waals surface area contributed by atoms with Crippen LogP contribution in [0.5, 0.6) is 11.5 Å². The molecule has 1 fully saturated rings. The van der Waals surface area contributed by atoms with Crippen LogP contribution in [0, 0.1) is 0 Å². The molecular formula is C16H24N2O4. The van der Waals surface area contributed by atoms with E-state index in [0.29, 0.717) is 18.1 Å². The van der Waals surface area contributed by atoms with Gasteiger partial charge in [-0.25, -0.2) is 5.48 Å². The summed E-state index contributed by atoms with van der Waals surface area (Å²) in [6, 6.07) is 5.42. The quantitative estimate of drug-likeness (QED) is 0.581. The highest BCUT2D eigenvalue weighted by Gasteiger charge is 2.11. The lowest BCUT2D eigenvalue weighted by atomic mass is 10.1. The number of hydroxylamine groups is 1. The largest absolute Gasteiger partial charge is 0.493 e. The SMILES string of the molecule is COc1ccc(CC(=O)NOCCN2CCCC2)cc1OC. The molecular weight excluding hydrogens is 284 g/mol. The predicted octanol–water partition coefficient (Wildman–Crippen LogP) is 1.39. The Hall–Kier alpha value is -1.79. The van der Waals surface area contributed by atoms with Gasteiger partial charge in [-0.05, 0) is 43.6 Å². The van der Waals surface area contributed by atoms with Gasteiger partial charge in [0, 0.05) is 6.54 Å². The van der Waals surface area contributed by atoms with Crippen LogP contribution in [0.2, 0.25) is 0 Å². The number of nitrogens with one attached hydrogen (secondary N) is 1. The zero-order chi connectivity index (χ0) is 15.8. The molecule has 6 nitrogen and oxygen atoms in total. The molecule has 2 rings (SSSR count). The number of ether oxygens (including phenoxy) is 2. The standard InChI is InChI=1S/C16H24N2O4/c1-20-14-6-5-13(11-15(14)21-2)12-16(19)17-22-10-9-18-7-3-4-8-18/h5-6,11H,3-4,7-10,12H2,1-2H3,(H,17,19). The number of hydrogen-bond donors (Lipinski definition) is 1. The molecule has 0 unspecified atom stereocenters. The predicted molar refractivity (Wildman–Crippen MR) is 83.0 cm³/mol. The molecule has 122 valence electrons. The van der Waals surface area contributed by atoms with Crippen LogP contribution in [0.15, 0.2) is 18.2 Å². The van der Waals surface area contributed by atoms with Gasteiger partial charge in [-0.2, -0.15) is 0 Å². The summed E-state index contributed by atoms with van der Waals surface area (Å²) in [6.45, 7) is 3.63. The second-order valence-corrected chi connectivity index (χ2v) is 5.29. The van der Waals surface area contributed by atoms with Gasteiger partial charge in [-0.3, -0.25) is 9.63 Å². The number of benzene rings is 1. The highest BCUT2D eigenvalue weighted by molar-refractivity contribution is 5.77. The summed E-state index contributed by atoms with van der Waals surface area (Å²) in [7, 11) is 3.15. The summed E-state index contributed by atoms with van der Waals surface area (Å²) in [5.41, 5.74) is 3.33. The first kappa shape index (κ1) is 16.6. The highest BCUT2D eigenvalue weighted by Crippen LogP contribution is 2.27. The molecule has 0 spiro atoms. The zero-order valence-corrected chi connectivity index (χ0v) is 13.3. The number of carbonyl (C=O) groups is 1. The van der Waals surface area contributed by atoms with Crippen LogP contribution in [0.25, 0.3) is 0 Å². The summed E-state index contributed by atoms with van der Waals surface area (Å²) in [5, 5.41) is 0. The maximum atomic E-state index is 11.8. The Balaban J connectivity index is 1.72. The summed E-state index contributed by atoms with van der Waals surface area (Å²) in [5.74, 6) is 1.09. The number of amides is 1. The third-order valence-electron chi connectivity index (χ3n) is 3.71. The van der Waals surface area contributed by atoms with Crippen LogP contribution in [0.3, 0.4) is 0 Å². The molecule has 0 aliphatic carbocycles. The van der Waals surface area contributed by atoms with Crippen molar-refractivity contribution >= 4 is 5.91 Å². The van der Waals surface area contributed by atoms with Crippen molar-refractivity contribution in [2.45, 2.75) is 19.3 Å². The van der Waals surface area contributed by atoms with Crippen molar-refractivity contribution in [2.24, 2.45) is 0 Å². The Kier molecular flexibility index (Phi) is 6.48. The number of hydrogen-bond acceptors (Lipinski definition) is 5. The minimum atomic E-state index is -0.173. The van der Waals surface area contributed by atoms with Crippen molar-refractivity contribution < 1.29 is 19.1 Å². The minimum Gasteiger partial charge on any atom is -0.493 e. The molecule has 1 aliphatic rings. The Morgan fingerprint density at radius 3 is 2.59 bits per heavy atom. The molecule has 0 radical (unpaired) electrons. The van der Waals surface area contributed by atoms with Crippen molar-refractivity contribution in [3.05, 3.63) is 23.8 Å². The first-order valence-corrected chi connectivity index (χ1v) is 7.57. The molecule has 1 aliphatic heterocycles. The molecule has 1 aromatic rings. The highest BCUT2D eigenvalue weighted by atomic mass is 16.6. The Labute approximate surface area is 131 Å². The summed E-state index contributed by atoms with van der Waals surface area (Å²) in [4.78, 5) is 19.4. The first-order valence-electron chi connectivity index (χ1n) is 7.57. The van der Waals surface area contributed by atoms with Crippen molar-refractivity contribution in [3.8, 4) is 11.5 Å². The fourth-order valence-corrected chi connectivity index (χ4v) is 2.52. The van der Waals surface area contributed by atoms with Crippen molar-refractivity contribution in [1.82, 2.24) is 10.4 Å². The Morgan fingerprint density at radius 1 is 1.18 bits per heavy atom. The molecule has 1 saturated heterocycles. The van der Waals surface area contributed by atoms with E-state index in [4.69, 9.17) is 14.3 Å². The fourth-order valence-electron chi connectivity index (χ4n) is 2.52. The van der Waals surface area contributed by atoms with E-state index < -0.39 is 0 Å². The van der Waals surface area contributed by atoms with Gasteiger partial charge >= 0.3 is 0 Å². The maximum Gasteiger partial charge on any atom is 0.247 e. The van der Waals surface area contributed by atoms with Crippen LogP contribution in [0.4, 0.5) is 0 Å². The van der Waals surface area contributed by atoms with Gasteiger partial charge in [0.15, 0.2) is 11.5 Å². The van der Waals surface area contributed by atoms with Crippen molar-refractivity contribution in [1.29, 1.82) is 0 Å². The number of rotatable bonds is 8. The van der Waals surface area contributed by atoms with E-state index in [1.165, 1.54) is 12.8 Å². The Bertz CT molecular complexity index is 487. The molecule has 0 bridgehead atoms. The van der Waals surface area contributed by atoms with Crippen LogP contribution >= 0.6 is 0 Å². The molecule has 22 heavy (non-hydrogen) atoms.